The molecule has 0 aliphatic carbocycles. The SMILES string of the molecule is COc1ccc(-c2ccnc(N[C@H]3CO[C@H]4[C@@H]3OC[C@@H]4NC(=O)CC(C)(C)CC(=O)[O-])n2)cc1. The molecule has 2 fully saturated rings. The zero-order valence-corrected chi connectivity index (χ0v) is 19.4. The molecule has 0 spiro atoms. The number of ether oxygens (including phenoxy) is 3. The van der Waals surface area contributed by atoms with E-state index in [1.165, 1.54) is 0 Å². The lowest BCUT2D eigenvalue weighted by atomic mass is 9.85. The van der Waals surface area contributed by atoms with Crippen LogP contribution < -0.4 is 20.5 Å². The molecule has 1 aromatic heterocycles. The highest BCUT2D eigenvalue weighted by Gasteiger charge is 2.48. The van der Waals surface area contributed by atoms with Gasteiger partial charge in [-0.1, -0.05) is 13.8 Å². The quantitative estimate of drug-likeness (QED) is 0.546. The van der Waals surface area contributed by atoms with Crippen LogP contribution in [0.25, 0.3) is 11.3 Å². The Morgan fingerprint density at radius 2 is 1.76 bits per heavy atom. The Kier molecular flexibility index (Phi) is 6.99. The van der Waals surface area contributed by atoms with Gasteiger partial charge in [0.15, 0.2) is 0 Å². The third-order valence-electron chi connectivity index (χ3n) is 6.02. The van der Waals surface area contributed by atoms with E-state index in [-0.39, 0.29) is 43.0 Å². The van der Waals surface area contributed by atoms with E-state index in [2.05, 4.69) is 20.6 Å². The zero-order chi connectivity index (χ0) is 24.3. The number of benzene rings is 1. The molecule has 0 unspecified atom stereocenters. The van der Waals surface area contributed by atoms with Crippen LogP contribution in [0.2, 0.25) is 0 Å². The highest BCUT2D eigenvalue weighted by Crippen LogP contribution is 2.30. The smallest absolute Gasteiger partial charge is 0.223 e. The maximum atomic E-state index is 12.5. The van der Waals surface area contributed by atoms with Gasteiger partial charge < -0.3 is 34.7 Å². The lowest BCUT2D eigenvalue weighted by Gasteiger charge is -2.26. The lowest BCUT2D eigenvalue weighted by Crippen LogP contribution is -2.46. The molecule has 0 bridgehead atoms. The Labute approximate surface area is 198 Å². The van der Waals surface area contributed by atoms with Gasteiger partial charge in [0.25, 0.3) is 0 Å². The molecular formula is C24H29N4O6-. The summed E-state index contributed by atoms with van der Waals surface area (Å²) < 4.78 is 17.1. The van der Waals surface area contributed by atoms with E-state index >= 15 is 0 Å². The van der Waals surface area contributed by atoms with Crippen LogP contribution in [0.4, 0.5) is 5.95 Å². The molecular weight excluding hydrogens is 440 g/mol. The number of hydrogen-bond donors (Lipinski definition) is 2. The molecule has 1 aromatic carbocycles. The molecule has 2 aromatic rings. The number of carbonyl (C=O) groups is 2. The van der Waals surface area contributed by atoms with E-state index in [1.54, 1.807) is 27.2 Å². The molecule has 0 saturated carbocycles. The summed E-state index contributed by atoms with van der Waals surface area (Å²) >= 11 is 0. The van der Waals surface area contributed by atoms with Gasteiger partial charge in [-0.05, 0) is 42.2 Å². The standard InChI is InChI=1S/C24H30N4O6/c1-24(2,11-20(30)31)10-19(29)26-17-12-33-22-18(13-34-21(17)22)28-23-25-9-8-16(27-23)14-4-6-15(32-3)7-5-14/h4-9,17-18,21-22H,10-13H2,1-3H3,(H,26,29)(H,30,31)(H,25,27,28)/p-1/t17-,18-,21+,22+/m0/s1. The molecule has 1 amide bonds. The number of hydrogen-bond acceptors (Lipinski definition) is 9. The van der Waals surface area contributed by atoms with Crippen LogP contribution in [-0.4, -0.2) is 66.5 Å². The Balaban J connectivity index is 1.35. The summed E-state index contributed by atoms with van der Waals surface area (Å²) in [5, 5.41) is 17.1. The van der Waals surface area contributed by atoms with Crippen LogP contribution in [0.1, 0.15) is 26.7 Å². The molecule has 2 N–H and O–H groups in total. The van der Waals surface area contributed by atoms with Crippen LogP contribution in [0, 0.1) is 5.41 Å². The average molecular weight is 470 g/mol. The Morgan fingerprint density at radius 1 is 1.09 bits per heavy atom. The normalized spacial score (nSPS) is 23.9. The molecule has 182 valence electrons. The number of fused-ring (bicyclic) bond motifs is 1. The number of aromatic nitrogens is 2. The first-order valence-electron chi connectivity index (χ1n) is 11.2. The minimum Gasteiger partial charge on any atom is -0.550 e. The van der Waals surface area contributed by atoms with Gasteiger partial charge in [-0.2, -0.15) is 0 Å². The topological polar surface area (TPSA) is 135 Å². The van der Waals surface area contributed by atoms with Gasteiger partial charge in [-0.25, -0.2) is 9.97 Å². The highest BCUT2D eigenvalue weighted by atomic mass is 16.6. The number of nitrogens with zero attached hydrogens (tertiary/aromatic N) is 2. The van der Waals surface area contributed by atoms with Crippen molar-refractivity contribution < 1.29 is 28.9 Å². The number of carboxylic acids is 1. The van der Waals surface area contributed by atoms with Gasteiger partial charge in [-0.15, -0.1) is 0 Å². The predicted molar refractivity (Wildman–Crippen MR) is 121 cm³/mol. The van der Waals surface area contributed by atoms with Gasteiger partial charge >= 0.3 is 0 Å². The number of carboxylic acid groups (broad SMARTS) is 1. The first kappa shape index (κ1) is 23.9. The molecule has 34 heavy (non-hydrogen) atoms. The summed E-state index contributed by atoms with van der Waals surface area (Å²) in [6.07, 6.45) is 0.994. The van der Waals surface area contributed by atoms with E-state index in [0.717, 1.165) is 17.0 Å². The van der Waals surface area contributed by atoms with Gasteiger partial charge in [0.1, 0.15) is 18.0 Å². The summed E-state index contributed by atoms with van der Waals surface area (Å²) in [6.45, 7) is 4.14. The highest BCUT2D eigenvalue weighted by molar-refractivity contribution is 5.78. The molecule has 2 aliphatic rings. The average Bonchev–Trinajstić information content (AvgIpc) is 3.36. The van der Waals surface area contributed by atoms with Gasteiger partial charge in [0.2, 0.25) is 11.9 Å². The fourth-order valence-electron chi connectivity index (χ4n) is 4.41. The second-order valence-corrected chi connectivity index (χ2v) is 9.40. The van der Waals surface area contributed by atoms with Crippen molar-refractivity contribution in [3.05, 3.63) is 36.5 Å². The van der Waals surface area contributed by atoms with E-state index in [9.17, 15) is 14.7 Å². The monoisotopic (exact) mass is 469 g/mol. The summed E-state index contributed by atoms with van der Waals surface area (Å²) in [5.74, 6) is -0.181. The molecule has 10 heteroatoms. The van der Waals surface area contributed by atoms with Crippen molar-refractivity contribution in [1.82, 2.24) is 15.3 Å². The Bertz CT molecular complexity index is 1030. The fourth-order valence-corrected chi connectivity index (χ4v) is 4.41. The van der Waals surface area contributed by atoms with Crippen molar-refractivity contribution in [2.24, 2.45) is 5.41 Å². The second kappa shape index (κ2) is 9.94. The van der Waals surface area contributed by atoms with Gasteiger partial charge in [0.05, 0.1) is 38.1 Å². The van der Waals surface area contributed by atoms with Crippen molar-refractivity contribution in [3.63, 3.8) is 0 Å². The van der Waals surface area contributed by atoms with Gasteiger partial charge in [-0.3, -0.25) is 4.79 Å². The van der Waals surface area contributed by atoms with Crippen molar-refractivity contribution in [3.8, 4) is 17.0 Å². The number of anilines is 1. The molecule has 4 rings (SSSR count). The van der Waals surface area contributed by atoms with Crippen molar-refractivity contribution in [2.75, 3.05) is 25.6 Å². The lowest BCUT2D eigenvalue weighted by molar-refractivity contribution is -0.307. The number of nitrogens with one attached hydrogen (secondary N) is 2. The number of amides is 1. The fraction of sp³-hybridized carbons (Fsp3) is 0.500. The first-order chi connectivity index (χ1) is 16.2. The number of rotatable bonds is 9. The maximum absolute atomic E-state index is 12.5. The second-order valence-electron chi connectivity index (χ2n) is 9.40. The summed E-state index contributed by atoms with van der Waals surface area (Å²) in [6, 6.07) is 8.96. The summed E-state index contributed by atoms with van der Waals surface area (Å²) in [5.41, 5.74) is 1.01. The van der Waals surface area contributed by atoms with E-state index in [4.69, 9.17) is 14.2 Å². The van der Waals surface area contributed by atoms with Crippen molar-refractivity contribution in [1.29, 1.82) is 0 Å². The summed E-state index contributed by atoms with van der Waals surface area (Å²) in [4.78, 5) is 32.3. The van der Waals surface area contributed by atoms with Crippen LogP contribution in [0.15, 0.2) is 36.5 Å². The number of methoxy groups -OCH3 is 1. The molecule has 2 saturated heterocycles. The predicted octanol–water partition coefficient (Wildman–Crippen LogP) is 0.771. The van der Waals surface area contributed by atoms with Gasteiger partial charge in [0, 0.05) is 24.2 Å². The summed E-state index contributed by atoms with van der Waals surface area (Å²) in [7, 11) is 1.62. The Morgan fingerprint density at radius 3 is 2.44 bits per heavy atom. The van der Waals surface area contributed by atoms with E-state index in [0.29, 0.717) is 19.2 Å². The minimum absolute atomic E-state index is 0.0720. The molecule has 10 nitrogen and oxygen atoms in total. The van der Waals surface area contributed by atoms with Crippen molar-refractivity contribution in [2.45, 2.75) is 51.0 Å². The third-order valence-corrected chi connectivity index (χ3v) is 6.02. The minimum atomic E-state index is -1.17. The number of aliphatic carboxylic acids is 1. The maximum Gasteiger partial charge on any atom is 0.223 e. The van der Waals surface area contributed by atoms with Crippen LogP contribution in [0.5, 0.6) is 5.75 Å². The Hall–Kier alpha value is -3.24. The third kappa shape index (κ3) is 5.63. The molecule has 4 atom stereocenters. The van der Waals surface area contributed by atoms with Crippen molar-refractivity contribution >= 4 is 17.8 Å². The molecule has 0 radical (unpaired) electrons. The van der Waals surface area contributed by atoms with Crippen LogP contribution in [-0.2, 0) is 19.1 Å². The molecule has 2 aliphatic heterocycles. The first-order valence-corrected chi connectivity index (χ1v) is 11.2. The molecule has 3 heterocycles. The zero-order valence-electron chi connectivity index (χ0n) is 19.4. The largest absolute Gasteiger partial charge is 0.550 e. The van der Waals surface area contributed by atoms with E-state index in [1.807, 2.05) is 30.3 Å². The van der Waals surface area contributed by atoms with E-state index < -0.39 is 11.4 Å². The van der Waals surface area contributed by atoms with Crippen LogP contribution >= 0.6 is 0 Å². The van der Waals surface area contributed by atoms with Crippen LogP contribution in [0.3, 0.4) is 0 Å². The number of carbonyl (C=O) groups excluding carboxylic acids is 2.